The van der Waals surface area contributed by atoms with Gasteiger partial charge in [0.15, 0.2) is 0 Å². The zero-order valence-electron chi connectivity index (χ0n) is 10.7. The molecule has 1 aromatic rings. The number of benzene rings is 1. The maximum absolute atomic E-state index is 5.78. The van der Waals surface area contributed by atoms with Crippen LogP contribution >= 0.6 is 0 Å². The van der Waals surface area contributed by atoms with E-state index in [2.05, 4.69) is 36.5 Å². The Kier molecular flexibility index (Phi) is 4.87. The zero-order chi connectivity index (χ0) is 11.9. The van der Waals surface area contributed by atoms with Gasteiger partial charge in [-0.3, -0.25) is 0 Å². The first-order valence-corrected chi connectivity index (χ1v) is 6.81. The number of piperidine rings is 1. The fourth-order valence-corrected chi connectivity index (χ4v) is 2.34. The summed E-state index contributed by atoms with van der Waals surface area (Å²) in [7, 11) is 0. The smallest absolute Gasteiger partial charge is 0.119 e. The van der Waals surface area contributed by atoms with Crippen molar-refractivity contribution in [2.45, 2.75) is 32.6 Å². The lowest BCUT2D eigenvalue weighted by Crippen LogP contribution is -2.30. The molecule has 1 N–H and O–H groups in total. The van der Waals surface area contributed by atoms with Crippen molar-refractivity contribution >= 4 is 0 Å². The second-order valence-corrected chi connectivity index (χ2v) is 4.85. The van der Waals surface area contributed by atoms with Crippen molar-refractivity contribution in [3.63, 3.8) is 0 Å². The summed E-state index contributed by atoms with van der Waals surface area (Å²) in [5.74, 6) is 1.81. The summed E-state index contributed by atoms with van der Waals surface area (Å²) in [4.78, 5) is 0. The fourth-order valence-electron chi connectivity index (χ4n) is 2.34. The first kappa shape index (κ1) is 12.4. The van der Waals surface area contributed by atoms with Gasteiger partial charge in [-0.1, -0.05) is 19.1 Å². The van der Waals surface area contributed by atoms with Crippen LogP contribution in [0.1, 0.15) is 31.7 Å². The van der Waals surface area contributed by atoms with Gasteiger partial charge in [-0.2, -0.15) is 0 Å². The molecule has 0 aromatic heterocycles. The van der Waals surface area contributed by atoms with E-state index in [-0.39, 0.29) is 0 Å². The maximum Gasteiger partial charge on any atom is 0.119 e. The molecule has 1 fully saturated rings. The molecule has 2 nitrogen and oxygen atoms in total. The third-order valence-corrected chi connectivity index (χ3v) is 3.53. The van der Waals surface area contributed by atoms with Gasteiger partial charge in [0.1, 0.15) is 5.75 Å². The number of rotatable bonds is 5. The second kappa shape index (κ2) is 6.65. The van der Waals surface area contributed by atoms with Gasteiger partial charge in [0, 0.05) is 0 Å². The van der Waals surface area contributed by atoms with Crippen LogP contribution in [0.3, 0.4) is 0 Å². The fraction of sp³-hybridized carbons (Fsp3) is 0.600. The van der Waals surface area contributed by atoms with Crippen molar-refractivity contribution < 1.29 is 4.74 Å². The van der Waals surface area contributed by atoms with Gasteiger partial charge in [-0.15, -0.1) is 0 Å². The van der Waals surface area contributed by atoms with E-state index in [1.807, 2.05) is 0 Å². The molecule has 0 bridgehead atoms. The van der Waals surface area contributed by atoms with E-state index in [1.54, 1.807) is 0 Å². The minimum atomic E-state index is 0.804. The molecule has 0 amide bonds. The van der Waals surface area contributed by atoms with Crippen LogP contribution in [-0.4, -0.2) is 19.7 Å². The molecule has 0 spiro atoms. The van der Waals surface area contributed by atoms with Crippen LogP contribution < -0.4 is 10.1 Å². The van der Waals surface area contributed by atoms with E-state index in [0.717, 1.165) is 31.2 Å². The first-order valence-electron chi connectivity index (χ1n) is 6.81. The Balaban J connectivity index is 1.69. The second-order valence-electron chi connectivity index (χ2n) is 4.85. The highest BCUT2D eigenvalue weighted by Crippen LogP contribution is 2.16. The number of ether oxygens (including phenoxy) is 1. The van der Waals surface area contributed by atoms with E-state index >= 15 is 0 Å². The molecule has 2 heteroatoms. The van der Waals surface area contributed by atoms with E-state index in [4.69, 9.17) is 4.74 Å². The molecule has 2 rings (SSSR count). The highest BCUT2D eigenvalue weighted by atomic mass is 16.5. The average Bonchev–Trinajstić information content (AvgIpc) is 2.41. The molecule has 0 saturated carbocycles. The summed E-state index contributed by atoms with van der Waals surface area (Å²) in [5.41, 5.74) is 1.37. The van der Waals surface area contributed by atoms with Crippen LogP contribution in [0.15, 0.2) is 24.3 Å². The molecule has 1 aliphatic rings. The Morgan fingerprint density at radius 1 is 1.29 bits per heavy atom. The molecule has 1 heterocycles. The summed E-state index contributed by atoms with van der Waals surface area (Å²) in [5, 5.41) is 3.44. The molecule has 0 aliphatic carbocycles. The van der Waals surface area contributed by atoms with Gasteiger partial charge in [0.05, 0.1) is 6.61 Å². The lowest BCUT2D eigenvalue weighted by molar-refractivity contribution is 0.254. The van der Waals surface area contributed by atoms with Gasteiger partial charge in [0.25, 0.3) is 0 Å². The summed E-state index contributed by atoms with van der Waals surface area (Å²) in [6.45, 7) is 5.37. The van der Waals surface area contributed by atoms with Crippen LogP contribution in [0.25, 0.3) is 0 Å². The monoisotopic (exact) mass is 233 g/mol. The number of aryl methyl sites for hydroxylation is 1. The van der Waals surface area contributed by atoms with Gasteiger partial charge >= 0.3 is 0 Å². The Morgan fingerprint density at radius 3 is 2.76 bits per heavy atom. The highest BCUT2D eigenvalue weighted by Gasteiger charge is 2.12. The summed E-state index contributed by atoms with van der Waals surface area (Å²) >= 11 is 0. The predicted octanol–water partition coefficient (Wildman–Crippen LogP) is 3.02. The highest BCUT2D eigenvalue weighted by molar-refractivity contribution is 5.27. The van der Waals surface area contributed by atoms with Crippen molar-refractivity contribution in [1.29, 1.82) is 0 Å². The van der Waals surface area contributed by atoms with Crippen LogP contribution in [0.2, 0.25) is 0 Å². The number of nitrogens with one attached hydrogen (secondary N) is 1. The summed E-state index contributed by atoms with van der Waals surface area (Å²) in [6, 6.07) is 8.46. The lowest BCUT2D eigenvalue weighted by atomic mass is 9.97. The summed E-state index contributed by atoms with van der Waals surface area (Å²) < 4.78 is 5.78. The lowest BCUT2D eigenvalue weighted by Gasteiger charge is -2.22. The molecule has 0 radical (unpaired) electrons. The molecule has 17 heavy (non-hydrogen) atoms. The average molecular weight is 233 g/mol. The zero-order valence-corrected chi connectivity index (χ0v) is 10.7. The predicted molar refractivity (Wildman–Crippen MR) is 71.5 cm³/mol. The largest absolute Gasteiger partial charge is 0.494 e. The summed E-state index contributed by atoms with van der Waals surface area (Å²) in [6.07, 6.45) is 4.93. The van der Waals surface area contributed by atoms with Crippen molar-refractivity contribution in [2.24, 2.45) is 5.92 Å². The quantitative estimate of drug-likeness (QED) is 0.844. The third kappa shape index (κ3) is 4.04. The molecule has 1 aliphatic heterocycles. The molecule has 1 aromatic carbocycles. The van der Waals surface area contributed by atoms with Crippen molar-refractivity contribution in [1.82, 2.24) is 5.32 Å². The normalized spacial score (nSPS) is 20.2. The Hall–Kier alpha value is -1.02. The molecule has 0 unspecified atom stereocenters. The van der Waals surface area contributed by atoms with Gasteiger partial charge < -0.3 is 10.1 Å². The minimum absolute atomic E-state index is 0.804. The van der Waals surface area contributed by atoms with Crippen LogP contribution in [0, 0.1) is 5.92 Å². The molecular weight excluding hydrogens is 210 g/mol. The molecule has 94 valence electrons. The molecule has 1 atom stereocenters. The van der Waals surface area contributed by atoms with E-state index in [1.165, 1.54) is 31.4 Å². The SMILES string of the molecule is CCc1ccc(OCC[C@H]2CCCNC2)cc1. The Labute approximate surface area is 104 Å². The maximum atomic E-state index is 5.78. The van der Waals surface area contributed by atoms with Gasteiger partial charge in [-0.05, 0) is 62.4 Å². The molecular formula is C15H23NO. The standard InChI is InChI=1S/C15H23NO/c1-2-13-5-7-15(8-6-13)17-11-9-14-4-3-10-16-12-14/h5-8,14,16H,2-4,9-12H2,1H3/t14-/m1/s1. The van der Waals surface area contributed by atoms with Crippen molar-refractivity contribution in [3.8, 4) is 5.75 Å². The molecule has 1 saturated heterocycles. The van der Waals surface area contributed by atoms with Crippen molar-refractivity contribution in [2.75, 3.05) is 19.7 Å². The van der Waals surface area contributed by atoms with Crippen molar-refractivity contribution in [3.05, 3.63) is 29.8 Å². The Bertz CT molecular complexity index is 314. The van der Waals surface area contributed by atoms with Gasteiger partial charge in [-0.25, -0.2) is 0 Å². The van der Waals surface area contributed by atoms with E-state index in [0.29, 0.717) is 0 Å². The topological polar surface area (TPSA) is 21.3 Å². The first-order chi connectivity index (χ1) is 8.38. The van der Waals surface area contributed by atoms with Crippen LogP contribution in [0.4, 0.5) is 0 Å². The van der Waals surface area contributed by atoms with Crippen LogP contribution in [0.5, 0.6) is 5.75 Å². The Morgan fingerprint density at radius 2 is 2.12 bits per heavy atom. The van der Waals surface area contributed by atoms with Crippen LogP contribution in [-0.2, 0) is 6.42 Å². The minimum Gasteiger partial charge on any atom is -0.494 e. The van der Waals surface area contributed by atoms with Gasteiger partial charge in [0.2, 0.25) is 0 Å². The number of hydrogen-bond donors (Lipinski definition) is 1. The third-order valence-electron chi connectivity index (χ3n) is 3.53. The van der Waals surface area contributed by atoms with E-state index in [9.17, 15) is 0 Å². The number of hydrogen-bond acceptors (Lipinski definition) is 2. The van der Waals surface area contributed by atoms with E-state index < -0.39 is 0 Å².